The van der Waals surface area contributed by atoms with E-state index in [-0.39, 0.29) is 11.0 Å². The Morgan fingerprint density at radius 1 is 0.913 bits per heavy atom. The molecule has 0 radical (unpaired) electrons. The van der Waals surface area contributed by atoms with Crippen LogP contribution in [0.3, 0.4) is 0 Å². The molecule has 0 heterocycles. The van der Waals surface area contributed by atoms with E-state index in [1.165, 1.54) is 10.9 Å². The average molecular weight is 316 g/mol. The quantitative estimate of drug-likeness (QED) is 0.523. The SMILES string of the molecule is BC1=C(B)C(B)(B)CC(N)(c2c(B)c(B)c(B)c(B)c2Cl)C1=O. The van der Waals surface area contributed by atoms with Gasteiger partial charge in [-0.2, -0.15) is 0 Å². The number of rotatable bonds is 1. The minimum absolute atomic E-state index is 0.00183. The van der Waals surface area contributed by atoms with Gasteiger partial charge in [0.25, 0.3) is 0 Å². The molecule has 0 fully saturated rings. The average Bonchev–Trinajstić information content (AvgIpc) is 2.47. The van der Waals surface area contributed by atoms with Crippen molar-refractivity contribution in [3.63, 3.8) is 0 Å². The van der Waals surface area contributed by atoms with Crippen molar-refractivity contribution in [1.82, 2.24) is 0 Å². The summed E-state index contributed by atoms with van der Waals surface area (Å²) in [4.78, 5) is 13.1. The highest BCUT2D eigenvalue weighted by atomic mass is 35.5. The van der Waals surface area contributed by atoms with Crippen LogP contribution in [0.15, 0.2) is 10.9 Å². The number of hydrogen-bond donors (Lipinski definition) is 1. The van der Waals surface area contributed by atoms with Gasteiger partial charge >= 0.3 is 0 Å². The van der Waals surface area contributed by atoms with E-state index in [1.807, 2.05) is 31.4 Å². The summed E-state index contributed by atoms with van der Waals surface area (Å²) in [7, 11) is 16.4. The van der Waals surface area contributed by atoms with Crippen LogP contribution < -0.4 is 27.6 Å². The fraction of sp³-hybridized carbons (Fsp3) is 0.250. The van der Waals surface area contributed by atoms with Crippen LogP contribution in [0.4, 0.5) is 0 Å². The van der Waals surface area contributed by atoms with Gasteiger partial charge in [-0.3, -0.25) is 4.79 Å². The number of benzene rings is 1. The lowest BCUT2D eigenvalue weighted by atomic mass is 9.38. The van der Waals surface area contributed by atoms with E-state index in [0.717, 1.165) is 27.4 Å². The maximum Gasteiger partial charge on any atom is 0.172 e. The zero-order valence-corrected chi connectivity index (χ0v) is 16.3. The van der Waals surface area contributed by atoms with Gasteiger partial charge in [0.1, 0.15) is 68.3 Å². The molecule has 2 N–H and O–H groups in total. The molecule has 1 atom stereocenters. The van der Waals surface area contributed by atoms with Gasteiger partial charge in [-0.05, 0) is 12.0 Å². The van der Waals surface area contributed by atoms with Gasteiger partial charge < -0.3 is 5.73 Å². The smallest absolute Gasteiger partial charge is 0.172 e. The van der Waals surface area contributed by atoms with E-state index in [0.29, 0.717) is 11.4 Å². The summed E-state index contributed by atoms with van der Waals surface area (Å²) >= 11 is 6.69. The highest BCUT2D eigenvalue weighted by Gasteiger charge is 2.47. The monoisotopic (exact) mass is 317 g/mol. The van der Waals surface area contributed by atoms with Crippen molar-refractivity contribution in [2.75, 3.05) is 0 Å². The summed E-state index contributed by atoms with van der Waals surface area (Å²) in [6, 6.07) is 0. The van der Waals surface area contributed by atoms with Crippen LogP contribution in [-0.2, 0) is 10.3 Å². The minimum atomic E-state index is -1.06. The van der Waals surface area contributed by atoms with Crippen molar-refractivity contribution in [2.24, 2.45) is 5.73 Å². The molecule has 0 aliphatic heterocycles. The van der Waals surface area contributed by atoms with E-state index in [9.17, 15) is 4.79 Å². The Labute approximate surface area is 151 Å². The fourth-order valence-electron chi connectivity index (χ4n) is 3.92. The molecule has 110 valence electrons. The van der Waals surface area contributed by atoms with E-state index in [1.54, 1.807) is 0 Å². The fourth-order valence-corrected chi connectivity index (χ4v) is 4.37. The molecule has 11 heteroatoms. The van der Waals surface area contributed by atoms with Gasteiger partial charge in [0.05, 0.1) is 0 Å². The van der Waals surface area contributed by atoms with E-state index in [2.05, 4.69) is 31.4 Å². The van der Waals surface area contributed by atoms with Crippen LogP contribution in [0.25, 0.3) is 0 Å². The van der Waals surface area contributed by atoms with Crippen molar-refractivity contribution < 1.29 is 4.79 Å². The number of Topliss-reactive ketones (excluding diaryl/α,β-unsaturated/α-hetero) is 1. The minimum Gasteiger partial charge on any atom is -0.315 e. The summed E-state index contributed by atoms with van der Waals surface area (Å²) in [5, 5.41) is 0.513. The lowest BCUT2D eigenvalue weighted by Gasteiger charge is -2.45. The maximum absolute atomic E-state index is 13.1. The molecule has 1 aromatic rings. The maximum atomic E-state index is 13.1. The predicted molar refractivity (Wildman–Crippen MR) is 124 cm³/mol. The number of carbonyl (C=O) groups is 1. The Balaban J connectivity index is 2.85. The molecule has 2 rings (SSSR count). The van der Waals surface area contributed by atoms with Gasteiger partial charge in [-0.1, -0.05) is 33.2 Å². The van der Waals surface area contributed by atoms with Crippen LogP contribution in [0.2, 0.25) is 10.2 Å². The summed E-state index contributed by atoms with van der Waals surface area (Å²) in [5.41, 5.74) is 12.8. The molecule has 1 unspecified atom stereocenters. The van der Waals surface area contributed by atoms with Crippen molar-refractivity contribution >= 4 is 102 Å². The third-order valence-electron chi connectivity index (χ3n) is 6.10. The van der Waals surface area contributed by atoms with Gasteiger partial charge in [0, 0.05) is 5.02 Å². The zero-order valence-electron chi connectivity index (χ0n) is 15.6. The topological polar surface area (TPSA) is 43.1 Å². The van der Waals surface area contributed by atoms with Crippen molar-refractivity contribution in [1.29, 1.82) is 0 Å². The molecule has 0 spiro atoms. The Morgan fingerprint density at radius 2 is 1.39 bits per heavy atom. The molecule has 0 saturated heterocycles. The van der Waals surface area contributed by atoms with E-state index in [4.69, 9.17) is 17.3 Å². The first-order valence-corrected chi connectivity index (χ1v) is 8.52. The van der Waals surface area contributed by atoms with Crippen LogP contribution in [0.5, 0.6) is 0 Å². The molecule has 0 bridgehead atoms. The molecular formula is C12H20B8ClNO. The molecule has 2 nitrogen and oxygen atoms in total. The summed E-state index contributed by atoms with van der Waals surface area (Å²) in [6.45, 7) is 0. The number of hydrogen-bond acceptors (Lipinski definition) is 2. The second kappa shape index (κ2) is 5.74. The standard InChI is InChI=1S/C12H20B8ClNO/c13-3-2(8(21)6(16)5(15)4(3)14)11(22)1-12(19,20)9(18)7(17)10(11)23/h1,13-20,22H2. The highest BCUT2D eigenvalue weighted by molar-refractivity contribution is 6.66. The first-order chi connectivity index (χ1) is 10.4. The van der Waals surface area contributed by atoms with Crippen LogP contribution >= 0.6 is 11.6 Å². The van der Waals surface area contributed by atoms with Gasteiger partial charge in [-0.15, -0.1) is 16.4 Å². The third kappa shape index (κ3) is 2.62. The van der Waals surface area contributed by atoms with Crippen molar-refractivity contribution in [3.05, 3.63) is 21.5 Å². The van der Waals surface area contributed by atoms with Gasteiger partial charge in [0.15, 0.2) is 5.78 Å². The summed E-state index contributed by atoms with van der Waals surface area (Å²) < 4.78 is 0. The lowest BCUT2D eigenvalue weighted by Crippen LogP contribution is -2.59. The summed E-state index contributed by atoms with van der Waals surface area (Å²) in [6.07, 6.45) is 0.574. The second-order valence-electron chi connectivity index (χ2n) is 7.80. The molecular weight excluding hydrogens is 296 g/mol. The molecule has 0 saturated carbocycles. The number of allylic oxidation sites excluding steroid dienone is 1. The Kier molecular flexibility index (Phi) is 4.67. The van der Waals surface area contributed by atoms with Crippen molar-refractivity contribution in [3.8, 4) is 0 Å². The third-order valence-corrected chi connectivity index (χ3v) is 6.57. The lowest BCUT2D eigenvalue weighted by molar-refractivity contribution is -0.121. The Hall–Kier alpha value is -0.601. The highest BCUT2D eigenvalue weighted by Crippen LogP contribution is 2.45. The van der Waals surface area contributed by atoms with Gasteiger partial charge in [-0.25, -0.2) is 0 Å². The summed E-state index contributed by atoms with van der Waals surface area (Å²) in [5.74, 6) is 0.00183. The number of halogens is 1. The molecule has 1 aliphatic carbocycles. The number of ketones is 1. The largest absolute Gasteiger partial charge is 0.315 e. The van der Waals surface area contributed by atoms with E-state index < -0.39 is 5.54 Å². The first kappa shape index (κ1) is 18.7. The predicted octanol–water partition coefficient (Wildman–Crippen LogP) is -8.64. The molecule has 23 heavy (non-hydrogen) atoms. The molecule has 0 aromatic heterocycles. The van der Waals surface area contributed by atoms with Crippen LogP contribution in [-0.4, -0.2) is 68.6 Å². The van der Waals surface area contributed by atoms with Crippen LogP contribution in [0, 0.1) is 0 Å². The van der Waals surface area contributed by atoms with Crippen LogP contribution in [0.1, 0.15) is 12.0 Å². The zero-order chi connectivity index (χ0) is 17.9. The normalized spacial score (nSPS) is 24.0. The van der Waals surface area contributed by atoms with Crippen molar-refractivity contribution in [2.45, 2.75) is 17.2 Å². The first-order valence-electron chi connectivity index (χ1n) is 8.14. The molecule has 1 aromatic carbocycles. The second-order valence-corrected chi connectivity index (χ2v) is 8.18. The molecule has 0 amide bonds. The Bertz CT molecular complexity index is 733. The Morgan fingerprint density at radius 3 is 1.91 bits per heavy atom. The van der Waals surface area contributed by atoms with Gasteiger partial charge in [0.2, 0.25) is 0 Å². The molecule has 1 aliphatic rings. The number of carbonyl (C=O) groups excluding carboxylic acids is 1. The number of nitrogens with two attached hydrogens (primary N) is 1. The van der Waals surface area contributed by atoms with E-state index >= 15 is 0 Å².